The average molecular weight is 199 g/mol. The smallest absolute Gasteiger partial charge is 0.215 e. The van der Waals surface area contributed by atoms with Crippen molar-refractivity contribution >= 4 is 12.2 Å². The van der Waals surface area contributed by atoms with Crippen LogP contribution >= 0.6 is 12.2 Å². The molecule has 0 atom stereocenters. The molecule has 1 aromatic heterocycles. The number of aromatic amines is 1. The van der Waals surface area contributed by atoms with Crippen LogP contribution in [0.2, 0.25) is 0 Å². The number of H-pyrrole nitrogens is 1. The third kappa shape index (κ3) is 1.81. The molecule has 1 N–H and O–H groups in total. The largest absolute Gasteiger partial charge is 0.381 e. The van der Waals surface area contributed by atoms with Gasteiger partial charge in [0.25, 0.3) is 0 Å². The Kier molecular flexibility index (Phi) is 2.46. The first-order valence-electron chi connectivity index (χ1n) is 4.48. The Balaban J connectivity index is 2.19. The van der Waals surface area contributed by atoms with E-state index in [4.69, 9.17) is 17.0 Å². The minimum absolute atomic E-state index is 0.497. The number of hydrogen-bond donors (Lipinski definition) is 1. The zero-order valence-electron chi connectivity index (χ0n) is 7.62. The molecule has 5 heteroatoms. The van der Waals surface area contributed by atoms with Gasteiger partial charge >= 0.3 is 0 Å². The monoisotopic (exact) mass is 199 g/mol. The molecule has 0 amide bonds. The molecule has 0 aliphatic carbocycles. The highest BCUT2D eigenvalue weighted by atomic mass is 32.1. The molecule has 0 unspecified atom stereocenters. The van der Waals surface area contributed by atoms with E-state index in [1.165, 1.54) is 0 Å². The minimum atomic E-state index is 0.497. The van der Waals surface area contributed by atoms with E-state index in [-0.39, 0.29) is 0 Å². The standard InChI is InChI=1S/C8H13N3OS/c1-11-8(13)9-7(10-11)6-2-4-12-5-3-6/h6H,2-5H2,1H3,(H,9,10,13). The van der Waals surface area contributed by atoms with Crippen LogP contribution in [0.3, 0.4) is 0 Å². The lowest BCUT2D eigenvalue weighted by Gasteiger charge is -2.19. The number of rotatable bonds is 1. The van der Waals surface area contributed by atoms with Gasteiger partial charge < -0.3 is 4.74 Å². The maximum Gasteiger partial charge on any atom is 0.215 e. The molecule has 0 saturated carbocycles. The predicted molar refractivity (Wildman–Crippen MR) is 51.2 cm³/mol. The summed E-state index contributed by atoms with van der Waals surface area (Å²) >= 11 is 5.03. The van der Waals surface area contributed by atoms with Gasteiger partial charge in [0.2, 0.25) is 4.77 Å². The number of aryl methyl sites for hydroxylation is 1. The Hall–Kier alpha value is -0.680. The second-order valence-corrected chi connectivity index (χ2v) is 3.70. The number of ether oxygens (including phenoxy) is 1. The topological polar surface area (TPSA) is 42.8 Å². The Morgan fingerprint density at radius 2 is 2.23 bits per heavy atom. The maximum absolute atomic E-state index is 5.28. The molecule has 1 fully saturated rings. The molecular formula is C8H13N3OS. The summed E-state index contributed by atoms with van der Waals surface area (Å²) < 4.78 is 7.69. The van der Waals surface area contributed by atoms with Crippen LogP contribution in [-0.4, -0.2) is 28.0 Å². The van der Waals surface area contributed by atoms with Gasteiger partial charge in [-0.3, -0.25) is 9.78 Å². The van der Waals surface area contributed by atoms with Crippen LogP contribution in [0.5, 0.6) is 0 Å². The van der Waals surface area contributed by atoms with Gasteiger partial charge in [0.15, 0.2) is 0 Å². The highest BCUT2D eigenvalue weighted by Crippen LogP contribution is 2.23. The molecular weight excluding hydrogens is 186 g/mol. The zero-order valence-corrected chi connectivity index (χ0v) is 8.43. The van der Waals surface area contributed by atoms with Gasteiger partial charge in [-0.05, 0) is 25.1 Å². The Morgan fingerprint density at radius 3 is 2.77 bits per heavy atom. The van der Waals surface area contributed by atoms with Gasteiger partial charge in [-0.2, -0.15) is 0 Å². The van der Waals surface area contributed by atoms with Crippen molar-refractivity contribution in [1.82, 2.24) is 14.8 Å². The lowest BCUT2D eigenvalue weighted by Crippen LogP contribution is -2.15. The van der Waals surface area contributed by atoms with Crippen LogP contribution in [0.4, 0.5) is 0 Å². The number of nitrogens with zero attached hydrogens (tertiary/aromatic N) is 2. The van der Waals surface area contributed by atoms with Crippen molar-refractivity contribution in [1.29, 1.82) is 0 Å². The normalized spacial score (nSPS) is 19.2. The molecule has 4 nitrogen and oxygen atoms in total. The first-order chi connectivity index (χ1) is 6.27. The zero-order chi connectivity index (χ0) is 9.26. The van der Waals surface area contributed by atoms with Gasteiger partial charge in [-0.15, -0.1) is 0 Å². The summed E-state index contributed by atoms with van der Waals surface area (Å²) in [4.78, 5) is 4.30. The van der Waals surface area contributed by atoms with E-state index in [0.717, 1.165) is 31.9 Å². The van der Waals surface area contributed by atoms with E-state index in [1.807, 2.05) is 7.05 Å². The summed E-state index contributed by atoms with van der Waals surface area (Å²) in [5.41, 5.74) is 0. The molecule has 1 aliphatic rings. The summed E-state index contributed by atoms with van der Waals surface area (Å²) in [7, 11) is 1.89. The van der Waals surface area contributed by atoms with Crippen molar-refractivity contribution in [2.75, 3.05) is 13.2 Å². The van der Waals surface area contributed by atoms with E-state index < -0.39 is 0 Å². The second-order valence-electron chi connectivity index (χ2n) is 3.34. The van der Waals surface area contributed by atoms with Gasteiger partial charge in [-0.1, -0.05) is 0 Å². The predicted octanol–water partition coefficient (Wildman–Crippen LogP) is 1.37. The minimum Gasteiger partial charge on any atom is -0.381 e. The fraction of sp³-hybridized carbons (Fsp3) is 0.750. The van der Waals surface area contributed by atoms with Crippen LogP contribution in [0.15, 0.2) is 0 Å². The van der Waals surface area contributed by atoms with Gasteiger partial charge in [0.1, 0.15) is 5.82 Å². The lowest BCUT2D eigenvalue weighted by molar-refractivity contribution is 0.0835. The van der Waals surface area contributed by atoms with E-state index in [0.29, 0.717) is 10.7 Å². The molecule has 1 aromatic rings. The molecule has 2 heterocycles. The molecule has 0 radical (unpaired) electrons. The van der Waals surface area contributed by atoms with E-state index in [9.17, 15) is 0 Å². The number of hydrogen-bond acceptors (Lipinski definition) is 3. The van der Waals surface area contributed by atoms with Crippen LogP contribution < -0.4 is 0 Å². The van der Waals surface area contributed by atoms with Crippen molar-refractivity contribution in [2.24, 2.45) is 7.05 Å². The Bertz CT molecular complexity index is 337. The van der Waals surface area contributed by atoms with E-state index in [1.54, 1.807) is 4.68 Å². The summed E-state index contributed by atoms with van der Waals surface area (Å²) in [6.07, 6.45) is 2.09. The van der Waals surface area contributed by atoms with Crippen LogP contribution in [-0.2, 0) is 11.8 Å². The van der Waals surface area contributed by atoms with Crippen LogP contribution in [0, 0.1) is 4.77 Å². The van der Waals surface area contributed by atoms with Gasteiger partial charge in [0, 0.05) is 26.2 Å². The van der Waals surface area contributed by atoms with Crippen LogP contribution in [0.25, 0.3) is 0 Å². The fourth-order valence-electron chi connectivity index (χ4n) is 1.58. The summed E-state index contributed by atoms with van der Waals surface area (Å²) in [5, 5.41) is 3.16. The quantitative estimate of drug-likeness (QED) is 0.695. The number of aromatic nitrogens is 3. The number of nitrogens with one attached hydrogen (secondary N) is 1. The summed E-state index contributed by atoms with van der Waals surface area (Å²) in [5.74, 6) is 1.51. The second kappa shape index (κ2) is 3.59. The Labute approximate surface area is 81.9 Å². The van der Waals surface area contributed by atoms with Crippen molar-refractivity contribution in [3.8, 4) is 0 Å². The molecule has 13 heavy (non-hydrogen) atoms. The van der Waals surface area contributed by atoms with Crippen LogP contribution in [0.1, 0.15) is 24.6 Å². The van der Waals surface area contributed by atoms with Crippen molar-refractivity contribution < 1.29 is 4.74 Å². The average Bonchev–Trinajstić information content (AvgIpc) is 2.49. The molecule has 1 saturated heterocycles. The van der Waals surface area contributed by atoms with E-state index >= 15 is 0 Å². The molecule has 2 rings (SSSR count). The van der Waals surface area contributed by atoms with Gasteiger partial charge in [0.05, 0.1) is 0 Å². The molecule has 72 valence electrons. The Morgan fingerprint density at radius 1 is 1.54 bits per heavy atom. The molecule has 0 bridgehead atoms. The van der Waals surface area contributed by atoms with E-state index in [2.05, 4.69) is 10.1 Å². The third-order valence-electron chi connectivity index (χ3n) is 2.39. The summed E-state index contributed by atoms with van der Waals surface area (Å²) in [6.45, 7) is 1.67. The van der Waals surface area contributed by atoms with Gasteiger partial charge in [-0.25, -0.2) is 4.98 Å². The summed E-state index contributed by atoms with van der Waals surface area (Å²) in [6, 6.07) is 0. The first-order valence-corrected chi connectivity index (χ1v) is 4.89. The highest BCUT2D eigenvalue weighted by Gasteiger charge is 2.18. The van der Waals surface area contributed by atoms with Crippen molar-refractivity contribution in [3.63, 3.8) is 0 Å². The SMILES string of the molecule is Cn1[nH]c(C2CCOCC2)nc1=S. The fourth-order valence-corrected chi connectivity index (χ4v) is 1.72. The first kappa shape index (κ1) is 8.90. The van der Waals surface area contributed by atoms with Crippen molar-refractivity contribution in [3.05, 3.63) is 10.6 Å². The lowest BCUT2D eigenvalue weighted by atomic mass is 10.00. The maximum atomic E-state index is 5.28. The highest BCUT2D eigenvalue weighted by molar-refractivity contribution is 7.71. The molecule has 0 spiro atoms. The molecule has 1 aliphatic heterocycles. The third-order valence-corrected chi connectivity index (χ3v) is 2.76. The molecule has 0 aromatic carbocycles. The van der Waals surface area contributed by atoms with Crippen molar-refractivity contribution in [2.45, 2.75) is 18.8 Å².